The number of nitrogens with zero attached hydrogens (tertiary/aromatic N) is 1. The summed E-state index contributed by atoms with van der Waals surface area (Å²) >= 11 is 0. The maximum atomic E-state index is 12.6. The monoisotopic (exact) mass is 253 g/mol. The summed E-state index contributed by atoms with van der Waals surface area (Å²) in [5, 5.41) is 0. The summed E-state index contributed by atoms with van der Waals surface area (Å²) in [6.45, 7) is 3.37. The van der Waals surface area contributed by atoms with Crippen LogP contribution in [0.15, 0.2) is 0 Å². The van der Waals surface area contributed by atoms with E-state index in [2.05, 4.69) is 6.92 Å². The molecular formula is C14H23NO3. The standard InChI is InChI=1S/C14H23NO3/c1-3-14(7-4-5-8-14)13(17)15-9-6-11(10-15)12(16)18-2/h11H,3-10H2,1-2H3. The lowest BCUT2D eigenvalue weighted by Crippen LogP contribution is -2.41. The van der Waals surface area contributed by atoms with E-state index in [4.69, 9.17) is 4.74 Å². The predicted octanol–water partition coefficient (Wildman–Crippen LogP) is 1.98. The molecule has 1 unspecified atom stereocenters. The van der Waals surface area contributed by atoms with Crippen molar-refractivity contribution in [1.82, 2.24) is 4.90 Å². The quantitative estimate of drug-likeness (QED) is 0.722. The van der Waals surface area contributed by atoms with Gasteiger partial charge in [0.25, 0.3) is 0 Å². The number of carbonyl (C=O) groups excluding carboxylic acids is 2. The molecule has 1 aliphatic carbocycles. The van der Waals surface area contributed by atoms with Crippen LogP contribution >= 0.6 is 0 Å². The Balaban J connectivity index is 2.00. The maximum absolute atomic E-state index is 12.6. The van der Waals surface area contributed by atoms with Crippen molar-refractivity contribution in [2.45, 2.75) is 45.4 Å². The lowest BCUT2D eigenvalue weighted by atomic mass is 9.82. The van der Waals surface area contributed by atoms with Crippen LogP contribution in [-0.4, -0.2) is 37.0 Å². The van der Waals surface area contributed by atoms with Crippen LogP contribution in [0.3, 0.4) is 0 Å². The Bertz CT molecular complexity index is 334. The minimum absolute atomic E-state index is 0.116. The van der Waals surface area contributed by atoms with E-state index in [0.29, 0.717) is 13.1 Å². The fourth-order valence-corrected chi connectivity index (χ4v) is 3.41. The van der Waals surface area contributed by atoms with Crippen molar-refractivity contribution in [2.75, 3.05) is 20.2 Å². The first kappa shape index (κ1) is 13.4. The third-order valence-electron chi connectivity index (χ3n) is 4.70. The van der Waals surface area contributed by atoms with Crippen LogP contribution < -0.4 is 0 Å². The number of hydrogen-bond donors (Lipinski definition) is 0. The molecule has 0 radical (unpaired) electrons. The van der Waals surface area contributed by atoms with Crippen molar-refractivity contribution in [3.8, 4) is 0 Å². The summed E-state index contributed by atoms with van der Waals surface area (Å²) in [4.78, 5) is 26.0. The molecule has 1 atom stereocenters. The van der Waals surface area contributed by atoms with Gasteiger partial charge in [-0.05, 0) is 25.7 Å². The molecule has 2 fully saturated rings. The van der Waals surface area contributed by atoms with Crippen molar-refractivity contribution in [3.63, 3.8) is 0 Å². The zero-order valence-electron chi connectivity index (χ0n) is 11.4. The summed E-state index contributed by atoms with van der Waals surface area (Å²) in [5.74, 6) is -0.0227. The Morgan fingerprint density at radius 3 is 2.56 bits per heavy atom. The van der Waals surface area contributed by atoms with Crippen LogP contribution in [0.25, 0.3) is 0 Å². The van der Waals surface area contributed by atoms with Gasteiger partial charge in [0.15, 0.2) is 0 Å². The average molecular weight is 253 g/mol. The van der Waals surface area contributed by atoms with Gasteiger partial charge in [0.1, 0.15) is 0 Å². The molecule has 18 heavy (non-hydrogen) atoms. The molecule has 0 aromatic rings. The SMILES string of the molecule is CCC1(C(=O)N2CCC(C(=O)OC)C2)CCCC1. The van der Waals surface area contributed by atoms with E-state index in [1.807, 2.05) is 4.90 Å². The Morgan fingerprint density at radius 1 is 1.33 bits per heavy atom. The molecule has 2 aliphatic rings. The van der Waals surface area contributed by atoms with E-state index in [9.17, 15) is 9.59 Å². The van der Waals surface area contributed by atoms with Gasteiger partial charge < -0.3 is 9.64 Å². The molecule has 1 saturated carbocycles. The van der Waals surface area contributed by atoms with Gasteiger partial charge in [-0.2, -0.15) is 0 Å². The van der Waals surface area contributed by atoms with Crippen LogP contribution in [0.4, 0.5) is 0 Å². The van der Waals surface area contributed by atoms with Crippen LogP contribution in [0, 0.1) is 11.3 Å². The number of carbonyl (C=O) groups is 2. The molecule has 2 rings (SSSR count). The number of methoxy groups -OCH3 is 1. The van der Waals surface area contributed by atoms with Gasteiger partial charge in [-0.25, -0.2) is 0 Å². The smallest absolute Gasteiger partial charge is 0.310 e. The highest BCUT2D eigenvalue weighted by atomic mass is 16.5. The predicted molar refractivity (Wildman–Crippen MR) is 67.9 cm³/mol. The number of ether oxygens (including phenoxy) is 1. The van der Waals surface area contributed by atoms with Crippen molar-refractivity contribution >= 4 is 11.9 Å². The molecule has 0 aromatic carbocycles. The minimum Gasteiger partial charge on any atom is -0.469 e. The largest absolute Gasteiger partial charge is 0.469 e. The number of amides is 1. The number of rotatable bonds is 3. The summed E-state index contributed by atoms with van der Waals surface area (Å²) in [7, 11) is 1.41. The molecule has 1 aliphatic heterocycles. The molecule has 102 valence electrons. The van der Waals surface area contributed by atoms with Crippen LogP contribution in [0.1, 0.15) is 45.4 Å². The summed E-state index contributed by atoms with van der Waals surface area (Å²) in [6, 6.07) is 0. The topological polar surface area (TPSA) is 46.6 Å². The van der Waals surface area contributed by atoms with Crippen LogP contribution in [-0.2, 0) is 14.3 Å². The highest BCUT2D eigenvalue weighted by Crippen LogP contribution is 2.43. The lowest BCUT2D eigenvalue weighted by molar-refractivity contribution is -0.146. The third kappa shape index (κ3) is 2.25. The molecule has 0 spiro atoms. The van der Waals surface area contributed by atoms with Gasteiger partial charge in [0.2, 0.25) is 5.91 Å². The van der Waals surface area contributed by atoms with Crippen molar-refractivity contribution in [1.29, 1.82) is 0 Å². The second-order valence-electron chi connectivity index (χ2n) is 5.60. The number of likely N-dealkylation sites (tertiary alicyclic amines) is 1. The summed E-state index contributed by atoms with van der Waals surface area (Å²) < 4.78 is 4.76. The molecular weight excluding hydrogens is 230 g/mol. The number of esters is 1. The minimum atomic E-state index is -0.178. The van der Waals surface area contributed by atoms with Crippen molar-refractivity contribution in [3.05, 3.63) is 0 Å². The molecule has 0 bridgehead atoms. The van der Waals surface area contributed by atoms with Gasteiger partial charge in [0, 0.05) is 18.5 Å². The Hall–Kier alpha value is -1.06. The van der Waals surface area contributed by atoms with Gasteiger partial charge in [0.05, 0.1) is 13.0 Å². The Morgan fingerprint density at radius 2 is 2.00 bits per heavy atom. The van der Waals surface area contributed by atoms with Crippen molar-refractivity contribution in [2.24, 2.45) is 11.3 Å². The fraction of sp³-hybridized carbons (Fsp3) is 0.857. The van der Waals surface area contributed by atoms with Gasteiger partial charge in [-0.1, -0.05) is 19.8 Å². The zero-order valence-corrected chi connectivity index (χ0v) is 11.4. The molecule has 4 nitrogen and oxygen atoms in total. The first-order valence-electron chi connectivity index (χ1n) is 7.00. The number of hydrogen-bond acceptors (Lipinski definition) is 3. The zero-order chi connectivity index (χ0) is 13.2. The van der Waals surface area contributed by atoms with Crippen LogP contribution in [0.2, 0.25) is 0 Å². The van der Waals surface area contributed by atoms with E-state index >= 15 is 0 Å². The second-order valence-corrected chi connectivity index (χ2v) is 5.60. The molecule has 0 N–H and O–H groups in total. The lowest BCUT2D eigenvalue weighted by Gasteiger charge is -2.31. The molecule has 1 amide bonds. The van der Waals surface area contributed by atoms with Crippen molar-refractivity contribution < 1.29 is 14.3 Å². The molecule has 0 aromatic heterocycles. The van der Waals surface area contributed by atoms with Gasteiger partial charge in [-0.3, -0.25) is 9.59 Å². The van der Waals surface area contributed by atoms with E-state index in [1.54, 1.807) is 0 Å². The first-order valence-corrected chi connectivity index (χ1v) is 7.00. The third-order valence-corrected chi connectivity index (χ3v) is 4.70. The van der Waals surface area contributed by atoms with E-state index in [-0.39, 0.29) is 23.2 Å². The Kier molecular flexibility index (Phi) is 3.93. The maximum Gasteiger partial charge on any atom is 0.310 e. The van der Waals surface area contributed by atoms with E-state index in [1.165, 1.54) is 7.11 Å². The van der Waals surface area contributed by atoms with Crippen LogP contribution in [0.5, 0.6) is 0 Å². The summed E-state index contributed by atoms with van der Waals surface area (Å²) in [5.41, 5.74) is -0.134. The van der Waals surface area contributed by atoms with E-state index in [0.717, 1.165) is 38.5 Å². The molecule has 1 heterocycles. The molecule has 4 heteroatoms. The normalized spacial score (nSPS) is 26.3. The highest BCUT2D eigenvalue weighted by Gasteiger charge is 2.44. The average Bonchev–Trinajstić information content (AvgIpc) is 3.06. The molecule has 1 saturated heterocycles. The van der Waals surface area contributed by atoms with Gasteiger partial charge in [-0.15, -0.1) is 0 Å². The fourth-order valence-electron chi connectivity index (χ4n) is 3.41. The second kappa shape index (κ2) is 5.29. The van der Waals surface area contributed by atoms with E-state index < -0.39 is 0 Å². The first-order chi connectivity index (χ1) is 8.63. The van der Waals surface area contributed by atoms with Gasteiger partial charge >= 0.3 is 5.97 Å². The highest BCUT2D eigenvalue weighted by molar-refractivity contribution is 5.84. The summed E-state index contributed by atoms with van der Waals surface area (Å²) in [6.07, 6.45) is 6.02. The Labute approximate surface area is 109 Å².